The normalized spacial score (nSPS) is 27.7. The maximum atomic E-state index is 6.74. The van der Waals surface area contributed by atoms with Gasteiger partial charge in [-0.3, -0.25) is 0 Å². The fourth-order valence-electron chi connectivity index (χ4n) is 4.04. The molecule has 5 heteroatoms. The highest BCUT2D eigenvalue weighted by molar-refractivity contribution is 7.84. The zero-order valence-electron chi connectivity index (χ0n) is 20.6. The number of ether oxygens (including phenoxy) is 1. The molecule has 0 aromatic heterocycles. The van der Waals surface area contributed by atoms with E-state index in [0.717, 1.165) is 11.5 Å². The standard InChI is InChI=1S/C24H47BOP3/c1-13-28(11,14-2)16-17-29(12,15-3)18-27(10)24(8,9)26-21-19(4)22(25)23(6,7)20(21)5/h20-22H,4,10-18H2,1-3,5-9H3/q+1/t20-,21+,22-,29?/m1/s1. The molecule has 0 aromatic carbocycles. The monoisotopic (exact) mass is 455 g/mol. The molecule has 166 valence electrons. The van der Waals surface area contributed by atoms with Gasteiger partial charge >= 0.3 is 0 Å². The summed E-state index contributed by atoms with van der Waals surface area (Å²) in [7, 11) is 5.92. The van der Waals surface area contributed by atoms with Crippen LogP contribution in [0.3, 0.4) is 0 Å². The van der Waals surface area contributed by atoms with Crippen molar-refractivity contribution in [3.8, 4) is 0 Å². The summed E-state index contributed by atoms with van der Waals surface area (Å²) >= 11 is 0. The summed E-state index contributed by atoms with van der Waals surface area (Å²) in [5.41, 5.74) is 1.05. The lowest BCUT2D eigenvalue weighted by Gasteiger charge is -2.33. The fourth-order valence-corrected chi connectivity index (χ4v) is 14.7. The predicted octanol–water partition coefficient (Wildman–Crippen LogP) is 7.13. The van der Waals surface area contributed by atoms with Crippen molar-refractivity contribution in [1.82, 2.24) is 0 Å². The van der Waals surface area contributed by atoms with E-state index in [1.165, 1.54) is 30.8 Å². The lowest BCUT2D eigenvalue weighted by Crippen LogP contribution is -2.33. The Labute approximate surface area is 185 Å². The van der Waals surface area contributed by atoms with Crippen LogP contribution in [-0.2, 0) is 4.74 Å². The molecule has 1 rings (SSSR count). The van der Waals surface area contributed by atoms with Crippen LogP contribution in [-0.4, -0.2) is 74.9 Å². The van der Waals surface area contributed by atoms with Crippen molar-refractivity contribution in [2.45, 2.75) is 72.7 Å². The molecule has 0 N–H and O–H groups in total. The molecular formula is C24H47BOP3+. The van der Waals surface area contributed by atoms with Crippen LogP contribution in [0.5, 0.6) is 0 Å². The average Bonchev–Trinajstić information content (AvgIpc) is 2.80. The molecule has 1 aliphatic carbocycles. The summed E-state index contributed by atoms with van der Waals surface area (Å²) in [5, 5.41) is -0.262. The first kappa shape index (κ1) is 27.6. The van der Waals surface area contributed by atoms with Gasteiger partial charge in [0.2, 0.25) is 5.34 Å². The summed E-state index contributed by atoms with van der Waals surface area (Å²) in [5.74, 6) is 1.48. The first-order valence-corrected chi connectivity index (χ1v) is 18.0. The fraction of sp³-hybridized carbons (Fsp3) is 0.792. The van der Waals surface area contributed by atoms with Crippen LogP contribution in [0.25, 0.3) is 0 Å². The Kier molecular flexibility index (Phi) is 9.50. The van der Waals surface area contributed by atoms with Crippen LogP contribution in [0.15, 0.2) is 12.2 Å². The molecule has 0 bridgehead atoms. The van der Waals surface area contributed by atoms with Crippen molar-refractivity contribution in [1.29, 1.82) is 0 Å². The maximum absolute atomic E-state index is 6.74. The topological polar surface area (TPSA) is 9.23 Å². The summed E-state index contributed by atoms with van der Waals surface area (Å²) in [6.07, 6.45) is 20.3. The molecule has 5 atom stereocenters. The molecule has 0 spiro atoms. The molecule has 1 saturated carbocycles. The molecular weight excluding hydrogens is 408 g/mol. The van der Waals surface area contributed by atoms with E-state index in [0.29, 0.717) is 5.92 Å². The smallest absolute Gasteiger partial charge is 0.219 e. The van der Waals surface area contributed by atoms with Crippen molar-refractivity contribution in [2.75, 3.05) is 36.7 Å². The van der Waals surface area contributed by atoms with Crippen LogP contribution in [0.2, 0.25) is 5.82 Å². The quantitative estimate of drug-likeness (QED) is 0.183. The van der Waals surface area contributed by atoms with Gasteiger partial charge in [0.15, 0.2) is 0 Å². The van der Waals surface area contributed by atoms with Crippen molar-refractivity contribution in [3.05, 3.63) is 12.2 Å². The van der Waals surface area contributed by atoms with Gasteiger partial charge < -0.3 is 4.74 Å². The van der Waals surface area contributed by atoms with Gasteiger partial charge in [0, 0.05) is 13.8 Å². The highest BCUT2D eigenvalue weighted by atomic mass is 31.2. The zero-order chi connectivity index (χ0) is 22.8. The predicted molar refractivity (Wildman–Crippen MR) is 149 cm³/mol. The second-order valence-corrected chi connectivity index (χ2v) is 21.9. The van der Waals surface area contributed by atoms with E-state index in [-0.39, 0.29) is 22.7 Å². The molecule has 29 heavy (non-hydrogen) atoms. The minimum absolute atomic E-state index is 0.00963. The molecule has 0 aromatic rings. The van der Waals surface area contributed by atoms with Crippen LogP contribution in [0, 0.1) is 11.3 Å². The first-order chi connectivity index (χ1) is 13.1. The second-order valence-electron chi connectivity index (χ2n) is 10.4. The van der Waals surface area contributed by atoms with Gasteiger partial charge in [0.1, 0.15) is 13.4 Å². The van der Waals surface area contributed by atoms with E-state index in [2.05, 4.69) is 74.6 Å². The van der Waals surface area contributed by atoms with E-state index in [4.69, 9.17) is 18.9 Å². The van der Waals surface area contributed by atoms with Gasteiger partial charge in [-0.2, -0.15) is 0 Å². The van der Waals surface area contributed by atoms with Gasteiger partial charge in [0.05, 0.1) is 20.2 Å². The molecule has 0 amide bonds. The van der Waals surface area contributed by atoms with Crippen LogP contribution < -0.4 is 0 Å². The molecule has 1 nitrogen and oxygen atoms in total. The van der Waals surface area contributed by atoms with Gasteiger partial charge in [-0.25, -0.2) is 0 Å². The summed E-state index contributed by atoms with van der Waals surface area (Å²) < 4.78 is 6.74. The molecule has 0 aliphatic heterocycles. The molecule has 2 radical (unpaired) electrons. The van der Waals surface area contributed by atoms with Crippen molar-refractivity contribution >= 4 is 48.1 Å². The summed E-state index contributed by atoms with van der Waals surface area (Å²) in [6, 6.07) is 0. The Hall–Kier alpha value is 0.535. The van der Waals surface area contributed by atoms with Crippen LogP contribution in [0.1, 0.15) is 55.4 Å². The SMILES string of the molecule is [B][C@@H]1C(=C)[C@H](OC(C)(C)[P+](=C)CP(=C)(CC)CCP(=C)(CC)CC)[C@@H](C)C1(C)C. The highest BCUT2D eigenvalue weighted by Gasteiger charge is 2.50. The number of rotatable bonds is 11. The molecule has 2 unspecified atom stereocenters. The zero-order valence-corrected chi connectivity index (χ0v) is 23.3. The third-order valence-electron chi connectivity index (χ3n) is 7.90. The van der Waals surface area contributed by atoms with Gasteiger partial charge in [-0.1, -0.05) is 66.9 Å². The lowest BCUT2D eigenvalue weighted by molar-refractivity contribution is -0.0277. The minimum atomic E-state index is -1.26. The molecule has 0 saturated heterocycles. The van der Waals surface area contributed by atoms with E-state index in [1.807, 2.05) is 0 Å². The Morgan fingerprint density at radius 2 is 1.52 bits per heavy atom. The first-order valence-electron chi connectivity index (χ1n) is 11.2. The van der Waals surface area contributed by atoms with Crippen molar-refractivity contribution in [3.63, 3.8) is 0 Å². The molecule has 1 fully saturated rings. The van der Waals surface area contributed by atoms with Crippen LogP contribution >= 0.6 is 21.3 Å². The Morgan fingerprint density at radius 1 is 1.07 bits per heavy atom. The summed E-state index contributed by atoms with van der Waals surface area (Å²) in [6.45, 7) is 20.1. The van der Waals surface area contributed by atoms with E-state index in [9.17, 15) is 0 Å². The van der Waals surface area contributed by atoms with Crippen molar-refractivity contribution < 1.29 is 4.74 Å². The second kappa shape index (κ2) is 9.99. The third-order valence-corrected chi connectivity index (χ3v) is 20.0. The van der Waals surface area contributed by atoms with Gasteiger partial charge in [0.25, 0.3) is 0 Å². The Bertz CT molecular complexity index is 699. The van der Waals surface area contributed by atoms with Crippen LogP contribution in [0.4, 0.5) is 0 Å². The van der Waals surface area contributed by atoms with E-state index >= 15 is 0 Å². The largest absolute Gasteiger partial charge is 0.328 e. The highest BCUT2D eigenvalue weighted by Crippen LogP contribution is 2.60. The molecule has 1 aliphatic rings. The third kappa shape index (κ3) is 6.29. The average molecular weight is 455 g/mol. The van der Waals surface area contributed by atoms with Crippen molar-refractivity contribution in [2.24, 2.45) is 11.3 Å². The maximum Gasteiger partial charge on any atom is 0.219 e. The lowest BCUT2D eigenvalue weighted by atomic mass is 9.66. The minimum Gasteiger partial charge on any atom is -0.328 e. The summed E-state index contributed by atoms with van der Waals surface area (Å²) in [4.78, 5) is 0. The Balaban J connectivity index is 2.91. The van der Waals surface area contributed by atoms with E-state index in [1.54, 1.807) is 0 Å². The number of hydrogen-bond donors (Lipinski definition) is 0. The van der Waals surface area contributed by atoms with E-state index < -0.39 is 21.3 Å². The molecule has 0 heterocycles. The number of hydrogen-bond acceptors (Lipinski definition) is 1. The Morgan fingerprint density at radius 3 is 1.90 bits per heavy atom. The van der Waals surface area contributed by atoms with Gasteiger partial charge in [-0.05, 0) is 48.0 Å². The van der Waals surface area contributed by atoms with Gasteiger partial charge in [-0.15, -0.1) is 13.2 Å².